The van der Waals surface area contributed by atoms with Crippen LogP contribution in [0.1, 0.15) is 16.7 Å². The monoisotopic (exact) mass is 292 g/mol. The number of hydrogen-bond donors (Lipinski definition) is 1. The molecule has 0 aliphatic heterocycles. The van der Waals surface area contributed by atoms with E-state index in [0.717, 1.165) is 16.9 Å². The van der Waals surface area contributed by atoms with Crippen molar-refractivity contribution in [1.29, 1.82) is 0 Å². The standard InChI is InChI=1S/C14H13ClN2OS/c1-8-5-11(15)6-9(2)13(8)18-12-4-3-10(7-17-12)14(16)19/h3-7H,1-2H3,(H2,16,19). The number of nitrogens with zero attached hydrogens (tertiary/aromatic N) is 1. The second kappa shape index (κ2) is 5.55. The first-order valence-corrected chi connectivity index (χ1v) is 6.46. The third-order valence-electron chi connectivity index (χ3n) is 2.65. The highest BCUT2D eigenvalue weighted by Gasteiger charge is 2.08. The summed E-state index contributed by atoms with van der Waals surface area (Å²) in [5.41, 5.74) is 8.16. The number of benzene rings is 1. The van der Waals surface area contributed by atoms with Crippen LogP contribution < -0.4 is 10.5 Å². The molecule has 0 aliphatic rings. The van der Waals surface area contributed by atoms with Gasteiger partial charge in [-0.2, -0.15) is 0 Å². The smallest absolute Gasteiger partial charge is 0.219 e. The van der Waals surface area contributed by atoms with Crippen molar-refractivity contribution in [2.24, 2.45) is 5.73 Å². The Labute approximate surface area is 122 Å². The molecule has 0 saturated carbocycles. The molecule has 5 heteroatoms. The summed E-state index contributed by atoms with van der Waals surface area (Å²) >= 11 is 10.9. The number of aromatic nitrogens is 1. The molecule has 98 valence electrons. The van der Waals surface area contributed by atoms with E-state index in [1.807, 2.05) is 26.0 Å². The molecule has 0 saturated heterocycles. The van der Waals surface area contributed by atoms with Crippen molar-refractivity contribution >= 4 is 28.8 Å². The van der Waals surface area contributed by atoms with Gasteiger partial charge < -0.3 is 10.5 Å². The minimum Gasteiger partial charge on any atom is -0.438 e. The number of aryl methyl sites for hydroxylation is 2. The maximum absolute atomic E-state index is 5.98. The molecule has 1 aromatic heterocycles. The molecule has 0 amide bonds. The quantitative estimate of drug-likeness (QED) is 0.875. The van der Waals surface area contributed by atoms with Crippen LogP contribution in [-0.4, -0.2) is 9.97 Å². The minimum atomic E-state index is 0.318. The number of pyridine rings is 1. The molecule has 1 heterocycles. The van der Waals surface area contributed by atoms with Crippen molar-refractivity contribution in [2.45, 2.75) is 13.8 Å². The normalized spacial score (nSPS) is 10.3. The molecule has 0 radical (unpaired) electrons. The summed E-state index contributed by atoms with van der Waals surface area (Å²) in [6, 6.07) is 7.23. The zero-order chi connectivity index (χ0) is 14.0. The van der Waals surface area contributed by atoms with Crippen molar-refractivity contribution in [1.82, 2.24) is 4.98 Å². The van der Waals surface area contributed by atoms with Crippen LogP contribution in [0.2, 0.25) is 5.02 Å². The topological polar surface area (TPSA) is 48.1 Å². The summed E-state index contributed by atoms with van der Waals surface area (Å²) in [5, 5.41) is 0.694. The highest BCUT2D eigenvalue weighted by Crippen LogP contribution is 2.30. The molecule has 0 bridgehead atoms. The largest absolute Gasteiger partial charge is 0.438 e. The lowest BCUT2D eigenvalue weighted by Gasteiger charge is -2.11. The maximum Gasteiger partial charge on any atom is 0.219 e. The van der Waals surface area contributed by atoms with E-state index in [9.17, 15) is 0 Å². The lowest BCUT2D eigenvalue weighted by molar-refractivity contribution is 0.456. The van der Waals surface area contributed by atoms with E-state index in [1.165, 1.54) is 0 Å². The third-order valence-corrected chi connectivity index (χ3v) is 3.11. The molecule has 0 spiro atoms. The molecule has 0 unspecified atom stereocenters. The lowest BCUT2D eigenvalue weighted by Crippen LogP contribution is -2.09. The molecular formula is C14H13ClN2OS. The maximum atomic E-state index is 5.98. The Morgan fingerprint density at radius 2 is 1.89 bits per heavy atom. The number of nitrogens with two attached hydrogens (primary N) is 1. The molecule has 3 nitrogen and oxygen atoms in total. The van der Waals surface area contributed by atoms with Gasteiger partial charge in [0.05, 0.1) is 0 Å². The van der Waals surface area contributed by atoms with Crippen molar-refractivity contribution < 1.29 is 4.74 Å². The van der Waals surface area contributed by atoms with Gasteiger partial charge in [0.1, 0.15) is 10.7 Å². The first-order chi connectivity index (χ1) is 8.97. The fraction of sp³-hybridized carbons (Fsp3) is 0.143. The Balaban J connectivity index is 2.29. The summed E-state index contributed by atoms with van der Waals surface area (Å²) in [6.07, 6.45) is 1.60. The molecule has 0 fully saturated rings. The highest BCUT2D eigenvalue weighted by molar-refractivity contribution is 7.80. The zero-order valence-electron chi connectivity index (χ0n) is 10.6. The molecule has 0 atom stereocenters. The number of halogens is 1. The Morgan fingerprint density at radius 3 is 2.37 bits per heavy atom. The summed E-state index contributed by atoms with van der Waals surface area (Å²) in [6.45, 7) is 3.88. The van der Waals surface area contributed by atoms with Crippen molar-refractivity contribution in [3.63, 3.8) is 0 Å². The van der Waals surface area contributed by atoms with Gasteiger partial charge in [-0.15, -0.1) is 0 Å². The highest BCUT2D eigenvalue weighted by atomic mass is 35.5. The SMILES string of the molecule is Cc1cc(Cl)cc(C)c1Oc1ccc(C(N)=S)cn1. The van der Waals surface area contributed by atoms with Crippen LogP contribution in [0.5, 0.6) is 11.6 Å². The molecule has 0 aliphatic carbocycles. The summed E-state index contributed by atoms with van der Waals surface area (Å²) in [4.78, 5) is 4.49. The Kier molecular flexibility index (Phi) is 4.02. The van der Waals surface area contributed by atoms with Crippen LogP contribution in [0.25, 0.3) is 0 Å². The summed E-state index contributed by atoms with van der Waals surface area (Å²) < 4.78 is 5.78. The van der Waals surface area contributed by atoms with Gasteiger partial charge in [-0.3, -0.25) is 0 Å². The van der Waals surface area contributed by atoms with Crippen LogP contribution >= 0.6 is 23.8 Å². The molecule has 2 N–H and O–H groups in total. The van der Waals surface area contributed by atoms with Crippen molar-refractivity contribution in [3.8, 4) is 11.6 Å². The lowest BCUT2D eigenvalue weighted by atomic mass is 10.1. The zero-order valence-corrected chi connectivity index (χ0v) is 12.2. The third kappa shape index (κ3) is 3.22. The van der Waals surface area contributed by atoms with Gasteiger partial charge in [-0.25, -0.2) is 4.98 Å². The van der Waals surface area contributed by atoms with Crippen LogP contribution in [0.3, 0.4) is 0 Å². The predicted octanol–water partition coefficient (Wildman–Crippen LogP) is 3.78. The fourth-order valence-corrected chi connectivity index (χ4v) is 2.20. The van der Waals surface area contributed by atoms with Crippen LogP contribution in [0, 0.1) is 13.8 Å². The molecule has 1 aromatic carbocycles. The number of thiocarbonyl (C=S) groups is 1. The van der Waals surface area contributed by atoms with Gasteiger partial charge in [0.25, 0.3) is 0 Å². The summed E-state index contributed by atoms with van der Waals surface area (Å²) in [7, 11) is 0. The van der Waals surface area contributed by atoms with E-state index in [2.05, 4.69) is 4.98 Å². The van der Waals surface area contributed by atoms with Gasteiger partial charge in [0.15, 0.2) is 0 Å². The van der Waals surface area contributed by atoms with Gasteiger partial charge in [0, 0.05) is 22.8 Å². The van der Waals surface area contributed by atoms with Gasteiger partial charge in [-0.05, 0) is 43.2 Å². The van der Waals surface area contributed by atoms with Crippen LogP contribution in [0.4, 0.5) is 0 Å². The van der Waals surface area contributed by atoms with Crippen molar-refractivity contribution in [2.75, 3.05) is 0 Å². The second-order valence-electron chi connectivity index (χ2n) is 4.22. The number of ether oxygens (including phenoxy) is 1. The molecule has 2 rings (SSSR count). The molecular weight excluding hydrogens is 280 g/mol. The van der Waals surface area contributed by atoms with Gasteiger partial charge in [-0.1, -0.05) is 23.8 Å². The number of hydrogen-bond acceptors (Lipinski definition) is 3. The molecule has 2 aromatic rings. The second-order valence-corrected chi connectivity index (χ2v) is 5.10. The van der Waals surface area contributed by atoms with E-state index >= 15 is 0 Å². The van der Waals surface area contributed by atoms with Crippen LogP contribution in [0.15, 0.2) is 30.5 Å². The fourth-order valence-electron chi connectivity index (χ4n) is 1.75. The van der Waals surface area contributed by atoms with E-state index in [0.29, 0.717) is 21.5 Å². The van der Waals surface area contributed by atoms with E-state index < -0.39 is 0 Å². The van der Waals surface area contributed by atoms with E-state index in [4.69, 9.17) is 34.3 Å². The van der Waals surface area contributed by atoms with Gasteiger partial charge >= 0.3 is 0 Å². The predicted molar refractivity (Wildman–Crippen MR) is 81.1 cm³/mol. The Hall–Kier alpha value is -1.65. The van der Waals surface area contributed by atoms with E-state index in [1.54, 1.807) is 18.3 Å². The average Bonchev–Trinajstić information content (AvgIpc) is 2.34. The van der Waals surface area contributed by atoms with Crippen molar-refractivity contribution in [3.05, 3.63) is 52.2 Å². The molecule has 19 heavy (non-hydrogen) atoms. The first-order valence-electron chi connectivity index (χ1n) is 5.68. The Bertz CT molecular complexity index is 603. The minimum absolute atomic E-state index is 0.318. The number of rotatable bonds is 3. The van der Waals surface area contributed by atoms with Gasteiger partial charge in [0.2, 0.25) is 5.88 Å². The average molecular weight is 293 g/mol. The first kappa shape index (κ1) is 13.8. The van der Waals surface area contributed by atoms with E-state index in [-0.39, 0.29) is 0 Å². The Morgan fingerprint density at radius 1 is 1.26 bits per heavy atom. The van der Waals surface area contributed by atoms with Crippen LogP contribution in [-0.2, 0) is 0 Å². The summed E-state index contributed by atoms with van der Waals surface area (Å²) in [5.74, 6) is 1.26.